The molecule has 166 valence electrons. The SMILES string of the molecule is CCc1nc(N)ccc1CNC(=O)[C@@H]1CCc2cnc(NCCc3ccccn3)c(=O)n21. The molecule has 3 aromatic rings. The number of hydrogen-bond donors (Lipinski definition) is 3. The summed E-state index contributed by atoms with van der Waals surface area (Å²) in [5.41, 5.74) is 8.97. The van der Waals surface area contributed by atoms with E-state index in [1.54, 1.807) is 23.0 Å². The molecule has 9 nitrogen and oxygen atoms in total. The van der Waals surface area contributed by atoms with Gasteiger partial charge < -0.3 is 16.4 Å². The van der Waals surface area contributed by atoms with Crippen LogP contribution in [0.1, 0.15) is 42.0 Å². The number of aryl methyl sites for hydroxylation is 2. The first-order chi connectivity index (χ1) is 15.6. The summed E-state index contributed by atoms with van der Waals surface area (Å²) in [4.78, 5) is 38.9. The molecule has 3 aromatic heterocycles. The summed E-state index contributed by atoms with van der Waals surface area (Å²) in [6.07, 6.45) is 6.02. The highest BCUT2D eigenvalue weighted by Crippen LogP contribution is 2.24. The van der Waals surface area contributed by atoms with Gasteiger partial charge in [0.2, 0.25) is 5.91 Å². The van der Waals surface area contributed by atoms with Crippen molar-refractivity contribution < 1.29 is 4.79 Å². The van der Waals surface area contributed by atoms with E-state index in [1.807, 2.05) is 31.2 Å². The topological polar surface area (TPSA) is 128 Å². The molecule has 1 aliphatic heterocycles. The standard InChI is InChI=1S/C23H27N7O2/c1-2-18-15(6-9-20(24)29-18)13-28-22(31)19-8-7-17-14-27-21(23(32)30(17)19)26-12-10-16-5-3-4-11-25-16/h3-6,9,11,14,19H,2,7-8,10,12-13H2,1H3,(H2,24,29)(H,26,27)(H,28,31)/t19-/m0/s1. The first-order valence-electron chi connectivity index (χ1n) is 10.8. The summed E-state index contributed by atoms with van der Waals surface area (Å²) >= 11 is 0. The molecule has 0 saturated carbocycles. The van der Waals surface area contributed by atoms with Gasteiger partial charge in [0.15, 0.2) is 5.82 Å². The van der Waals surface area contributed by atoms with Crippen molar-refractivity contribution in [2.45, 2.75) is 45.2 Å². The molecule has 32 heavy (non-hydrogen) atoms. The fourth-order valence-electron chi connectivity index (χ4n) is 3.98. The average molecular weight is 434 g/mol. The molecular formula is C23H27N7O2. The zero-order valence-electron chi connectivity index (χ0n) is 18.0. The third kappa shape index (κ3) is 4.61. The third-order valence-corrected chi connectivity index (χ3v) is 5.64. The summed E-state index contributed by atoms with van der Waals surface area (Å²) in [7, 11) is 0. The van der Waals surface area contributed by atoms with E-state index >= 15 is 0 Å². The molecule has 4 N–H and O–H groups in total. The van der Waals surface area contributed by atoms with Gasteiger partial charge in [0.25, 0.3) is 5.56 Å². The number of rotatable bonds is 8. The van der Waals surface area contributed by atoms with Crippen LogP contribution in [0, 0.1) is 0 Å². The van der Waals surface area contributed by atoms with Crippen LogP contribution in [0.5, 0.6) is 0 Å². The van der Waals surface area contributed by atoms with Crippen molar-refractivity contribution in [3.8, 4) is 0 Å². The first kappa shape index (κ1) is 21.5. The molecule has 0 fully saturated rings. The molecule has 9 heteroatoms. The number of anilines is 2. The van der Waals surface area contributed by atoms with Gasteiger partial charge in [-0.15, -0.1) is 0 Å². The van der Waals surface area contributed by atoms with Crippen molar-refractivity contribution in [2.75, 3.05) is 17.6 Å². The molecule has 0 bridgehead atoms. The largest absolute Gasteiger partial charge is 0.384 e. The van der Waals surface area contributed by atoms with E-state index < -0.39 is 6.04 Å². The van der Waals surface area contributed by atoms with Crippen LogP contribution >= 0.6 is 0 Å². The Labute approximate surface area is 186 Å². The zero-order valence-corrected chi connectivity index (χ0v) is 18.0. The van der Waals surface area contributed by atoms with Crippen LogP contribution in [0.3, 0.4) is 0 Å². The van der Waals surface area contributed by atoms with Crippen molar-refractivity contribution in [1.82, 2.24) is 24.8 Å². The molecule has 0 radical (unpaired) electrons. The predicted octanol–water partition coefficient (Wildman–Crippen LogP) is 1.64. The van der Waals surface area contributed by atoms with Crippen LogP contribution < -0.4 is 21.9 Å². The Morgan fingerprint density at radius 1 is 1.25 bits per heavy atom. The minimum atomic E-state index is -0.552. The Kier molecular flexibility index (Phi) is 6.44. The quantitative estimate of drug-likeness (QED) is 0.493. The summed E-state index contributed by atoms with van der Waals surface area (Å²) < 4.78 is 1.56. The monoisotopic (exact) mass is 433 g/mol. The normalized spacial score (nSPS) is 14.7. The lowest BCUT2D eigenvalue weighted by molar-refractivity contribution is -0.124. The van der Waals surface area contributed by atoms with Gasteiger partial charge in [0.05, 0.1) is 0 Å². The number of fused-ring (bicyclic) bond motifs is 1. The van der Waals surface area contributed by atoms with Crippen LogP contribution in [-0.2, 0) is 30.6 Å². The van der Waals surface area contributed by atoms with E-state index in [0.717, 1.165) is 29.1 Å². The second kappa shape index (κ2) is 9.59. The maximum Gasteiger partial charge on any atom is 0.294 e. The van der Waals surface area contributed by atoms with E-state index in [4.69, 9.17) is 5.73 Å². The highest BCUT2D eigenvalue weighted by Gasteiger charge is 2.30. The van der Waals surface area contributed by atoms with Gasteiger partial charge in [-0.05, 0) is 43.0 Å². The number of aromatic nitrogens is 4. The van der Waals surface area contributed by atoms with Gasteiger partial charge in [-0.25, -0.2) is 9.97 Å². The van der Waals surface area contributed by atoms with Crippen LogP contribution in [0.15, 0.2) is 47.5 Å². The molecule has 1 amide bonds. The van der Waals surface area contributed by atoms with Crippen molar-refractivity contribution in [1.29, 1.82) is 0 Å². The lowest BCUT2D eigenvalue weighted by atomic mass is 10.1. The highest BCUT2D eigenvalue weighted by molar-refractivity contribution is 5.81. The van der Waals surface area contributed by atoms with Crippen molar-refractivity contribution in [3.05, 3.63) is 75.7 Å². The number of amides is 1. The lowest BCUT2D eigenvalue weighted by Crippen LogP contribution is -2.36. The molecule has 1 atom stereocenters. The Morgan fingerprint density at radius 3 is 2.91 bits per heavy atom. The average Bonchev–Trinajstić information content (AvgIpc) is 3.25. The van der Waals surface area contributed by atoms with Crippen molar-refractivity contribution in [3.63, 3.8) is 0 Å². The van der Waals surface area contributed by atoms with Crippen LogP contribution in [0.4, 0.5) is 11.6 Å². The minimum absolute atomic E-state index is 0.185. The van der Waals surface area contributed by atoms with Gasteiger partial charge in [-0.3, -0.25) is 19.1 Å². The van der Waals surface area contributed by atoms with Crippen LogP contribution in [-0.4, -0.2) is 32.0 Å². The maximum atomic E-state index is 13.0. The number of hydrogen-bond acceptors (Lipinski definition) is 7. The molecular weight excluding hydrogens is 406 g/mol. The summed E-state index contributed by atoms with van der Waals surface area (Å²) in [6.45, 7) is 2.87. The summed E-state index contributed by atoms with van der Waals surface area (Å²) in [5.74, 6) is 0.527. The Hall–Kier alpha value is -3.75. The molecule has 4 rings (SSSR count). The molecule has 0 saturated heterocycles. The number of nitrogens with zero attached hydrogens (tertiary/aromatic N) is 4. The second-order valence-electron chi connectivity index (χ2n) is 7.74. The van der Waals surface area contributed by atoms with Gasteiger partial charge in [0, 0.05) is 49.0 Å². The Bertz CT molecular complexity index is 1160. The first-order valence-corrected chi connectivity index (χ1v) is 10.8. The molecule has 0 spiro atoms. The van der Waals surface area contributed by atoms with Crippen molar-refractivity contribution >= 4 is 17.5 Å². The molecule has 4 heterocycles. The van der Waals surface area contributed by atoms with Gasteiger partial charge in [-0.2, -0.15) is 0 Å². The summed E-state index contributed by atoms with van der Waals surface area (Å²) in [5, 5.41) is 6.05. The molecule has 1 aliphatic rings. The van der Waals surface area contributed by atoms with Gasteiger partial charge in [-0.1, -0.05) is 19.1 Å². The molecule has 0 aromatic carbocycles. The lowest BCUT2D eigenvalue weighted by Gasteiger charge is -2.16. The smallest absolute Gasteiger partial charge is 0.294 e. The predicted molar refractivity (Wildman–Crippen MR) is 122 cm³/mol. The maximum absolute atomic E-state index is 13.0. The zero-order chi connectivity index (χ0) is 22.5. The van der Waals surface area contributed by atoms with Crippen LogP contribution in [0.2, 0.25) is 0 Å². The van der Waals surface area contributed by atoms with E-state index in [1.165, 1.54) is 0 Å². The number of carbonyl (C=O) groups excluding carboxylic acids is 1. The number of nitrogen functional groups attached to an aromatic ring is 1. The van der Waals surface area contributed by atoms with Gasteiger partial charge >= 0.3 is 0 Å². The number of carbonyl (C=O) groups is 1. The van der Waals surface area contributed by atoms with Crippen molar-refractivity contribution in [2.24, 2.45) is 0 Å². The van der Waals surface area contributed by atoms with E-state index in [9.17, 15) is 9.59 Å². The van der Waals surface area contributed by atoms with E-state index in [2.05, 4.69) is 25.6 Å². The van der Waals surface area contributed by atoms with Crippen LogP contribution in [0.25, 0.3) is 0 Å². The van der Waals surface area contributed by atoms with E-state index in [0.29, 0.717) is 38.2 Å². The molecule has 0 unspecified atom stereocenters. The number of nitrogens with two attached hydrogens (primary N) is 1. The minimum Gasteiger partial charge on any atom is -0.384 e. The Morgan fingerprint density at radius 2 is 2.12 bits per heavy atom. The molecule has 0 aliphatic carbocycles. The fraction of sp³-hybridized carbons (Fsp3) is 0.348. The fourth-order valence-corrected chi connectivity index (χ4v) is 3.98. The van der Waals surface area contributed by atoms with E-state index in [-0.39, 0.29) is 17.3 Å². The highest BCUT2D eigenvalue weighted by atomic mass is 16.2. The Balaban J connectivity index is 1.44. The third-order valence-electron chi connectivity index (χ3n) is 5.64. The second-order valence-corrected chi connectivity index (χ2v) is 7.74. The summed E-state index contributed by atoms with van der Waals surface area (Å²) in [6, 6.07) is 8.78. The van der Waals surface area contributed by atoms with Gasteiger partial charge in [0.1, 0.15) is 11.9 Å². The number of pyridine rings is 2. The number of nitrogens with one attached hydrogen (secondary N) is 2.